The maximum Gasteiger partial charge on any atom is 0.0888 e. The van der Waals surface area contributed by atoms with E-state index in [1.165, 1.54) is 40.7 Å². The third-order valence-electron chi connectivity index (χ3n) is 5.48. The van der Waals surface area contributed by atoms with E-state index in [4.69, 9.17) is 0 Å². The van der Waals surface area contributed by atoms with Gasteiger partial charge in [0.25, 0.3) is 0 Å². The quantitative estimate of drug-likeness (QED) is 0.366. The van der Waals surface area contributed by atoms with Crippen LogP contribution in [0.3, 0.4) is 0 Å². The van der Waals surface area contributed by atoms with Gasteiger partial charge in [-0.1, -0.05) is 106 Å². The van der Waals surface area contributed by atoms with E-state index in [0.717, 1.165) is 19.3 Å². The molecule has 0 saturated carbocycles. The number of unbranched alkanes of at least 4 members (excludes halogenated alkanes) is 1. The Kier molecular flexibility index (Phi) is 7.69. The van der Waals surface area contributed by atoms with Crippen LogP contribution in [0.25, 0.3) is 22.3 Å². The number of benzene rings is 3. The highest BCUT2D eigenvalue weighted by atomic mass is 16.3. The van der Waals surface area contributed by atoms with Gasteiger partial charge >= 0.3 is 0 Å². The Morgan fingerprint density at radius 3 is 2.07 bits per heavy atom. The lowest BCUT2D eigenvalue weighted by atomic mass is 9.88. The van der Waals surface area contributed by atoms with Gasteiger partial charge in [-0.25, -0.2) is 0 Å². The van der Waals surface area contributed by atoms with Gasteiger partial charge in [-0.3, -0.25) is 0 Å². The molecule has 0 aliphatic carbocycles. The van der Waals surface area contributed by atoms with Crippen molar-refractivity contribution in [2.24, 2.45) is 0 Å². The fourth-order valence-electron chi connectivity index (χ4n) is 3.87. The summed E-state index contributed by atoms with van der Waals surface area (Å²) < 4.78 is 0. The normalized spacial score (nSPS) is 12.7. The van der Waals surface area contributed by atoms with E-state index in [0.29, 0.717) is 11.7 Å². The number of hydrogen-bond donors (Lipinski definition) is 1. The average molecular weight is 385 g/mol. The van der Waals surface area contributed by atoms with Gasteiger partial charge in [-0.2, -0.15) is 0 Å². The smallest absolute Gasteiger partial charge is 0.0888 e. The molecule has 3 aromatic carbocycles. The fraction of sp³-hybridized carbons (Fsp3) is 0.286. The molecule has 0 aromatic heterocycles. The maximum absolute atomic E-state index is 10.3. The van der Waals surface area contributed by atoms with Crippen molar-refractivity contribution in [1.29, 1.82) is 0 Å². The first-order chi connectivity index (χ1) is 14.2. The molecule has 1 nitrogen and oxygen atoms in total. The first-order valence-corrected chi connectivity index (χ1v) is 10.8. The zero-order chi connectivity index (χ0) is 20.5. The Bertz CT molecular complexity index is 907. The van der Waals surface area contributed by atoms with E-state index in [1.54, 1.807) is 0 Å². The van der Waals surface area contributed by atoms with Gasteiger partial charge in [0.15, 0.2) is 0 Å². The van der Waals surface area contributed by atoms with E-state index in [1.807, 2.05) is 12.1 Å². The monoisotopic (exact) mass is 384 g/mol. The van der Waals surface area contributed by atoms with Crippen molar-refractivity contribution in [3.63, 3.8) is 0 Å². The topological polar surface area (TPSA) is 20.2 Å². The molecule has 3 rings (SSSR count). The van der Waals surface area contributed by atoms with Crippen molar-refractivity contribution in [1.82, 2.24) is 0 Å². The summed E-state index contributed by atoms with van der Waals surface area (Å²) in [4.78, 5) is 0. The van der Waals surface area contributed by atoms with Crippen molar-refractivity contribution in [3.05, 3.63) is 96.3 Å². The third kappa shape index (κ3) is 5.84. The van der Waals surface area contributed by atoms with Crippen LogP contribution in [0.2, 0.25) is 0 Å². The van der Waals surface area contributed by atoms with E-state index in [2.05, 4.69) is 86.6 Å². The number of rotatable bonds is 9. The molecule has 0 saturated heterocycles. The summed E-state index contributed by atoms with van der Waals surface area (Å²) in [6.07, 6.45) is 7.00. The molecule has 0 aliphatic rings. The third-order valence-corrected chi connectivity index (χ3v) is 5.48. The van der Waals surface area contributed by atoms with E-state index >= 15 is 0 Å². The molecule has 29 heavy (non-hydrogen) atoms. The standard InChI is InChI=1S/C28H32O/c1-3-5-11-27(21-28(29)10-4-2)26-15-9-14-25(20-26)24-18-16-23(17-19-24)22-12-7-6-8-13-22/h6-10,12-20,27,29H,3-5,11,21H2,1-2H3/b28-10-. The maximum atomic E-state index is 10.3. The summed E-state index contributed by atoms with van der Waals surface area (Å²) in [6.45, 7) is 4.29. The van der Waals surface area contributed by atoms with Crippen molar-refractivity contribution >= 4 is 0 Å². The van der Waals surface area contributed by atoms with Crippen LogP contribution in [0.1, 0.15) is 57.4 Å². The van der Waals surface area contributed by atoms with Gasteiger partial charge in [0, 0.05) is 6.42 Å². The molecule has 0 spiro atoms. The first kappa shape index (κ1) is 20.9. The molecule has 0 radical (unpaired) electrons. The Morgan fingerprint density at radius 2 is 1.41 bits per heavy atom. The molecular weight excluding hydrogens is 352 g/mol. The highest BCUT2D eigenvalue weighted by molar-refractivity contribution is 5.70. The Hall–Kier alpha value is -2.80. The zero-order valence-corrected chi connectivity index (χ0v) is 17.6. The molecule has 1 heteroatoms. The van der Waals surface area contributed by atoms with Crippen LogP contribution >= 0.6 is 0 Å². The number of aliphatic hydroxyl groups excluding tert-OH is 1. The highest BCUT2D eigenvalue weighted by Gasteiger charge is 2.14. The molecule has 0 fully saturated rings. The number of aliphatic hydroxyl groups is 1. The summed E-state index contributed by atoms with van der Waals surface area (Å²) in [5.74, 6) is 0.882. The lowest BCUT2D eigenvalue weighted by molar-refractivity contribution is 0.365. The van der Waals surface area contributed by atoms with Crippen LogP contribution in [0.15, 0.2) is 90.7 Å². The predicted octanol–water partition coefficient (Wildman–Crippen LogP) is 8.54. The molecule has 1 atom stereocenters. The summed E-state index contributed by atoms with van der Waals surface area (Å²) in [7, 11) is 0. The molecule has 1 unspecified atom stereocenters. The van der Waals surface area contributed by atoms with Crippen molar-refractivity contribution in [2.75, 3.05) is 0 Å². The van der Waals surface area contributed by atoms with Gasteiger partial charge in [0.05, 0.1) is 5.76 Å². The molecular formula is C28H32O. The summed E-state index contributed by atoms with van der Waals surface area (Å²) in [5.41, 5.74) is 6.27. The Balaban J connectivity index is 1.84. The van der Waals surface area contributed by atoms with Crippen molar-refractivity contribution in [2.45, 2.75) is 51.9 Å². The second kappa shape index (κ2) is 10.7. The lowest BCUT2D eigenvalue weighted by Gasteiger charge is -2.18. The van der Waals surface area contributed by atoms with Crippen LogP contribution in [0, 0.1) is 0 Å². The summed E-state index contributed by atoms with van der Waals surface area (Å²) >= 11 is 0. The second-order valence-corrected chi connectivity index (χ2v) is 7.72. The molecule has 3 aromatic rings. The second-order valence-electron chi connectivity index (χ2n) is 7.72. The Morgan fingerprint density at radius 1 is 0.793 bits per heavy atom. The fourth-order valence-corrected chi connectivity index (χ4v) is 3.87. The number of allylic oxidation sites excluding steroid dienone is 2. The SMILES string of the molecule is CC/C=C(\O)CC(CCCC)c1cccc(-c2ccc(-c3ccccc3)cc2)c1. The van der Waals surface area contributed by atoms with Crippen LogP contribution in [-0.2, 0) is 0 Å². The minimum atomic E-state index is 0.362. The summed E-state index contributed by atoms with van der Waals surface area (Å²) in [6, 6.07) is 28.1. The molecule has 0 amide bonds. The lowest BCUT2D eigenvalue weighted by Crippen LogP contribution is -2.01. The Labute approximate surface area is 175 Å². The minimum absolute atomic E-state index is 0.362. The largest absolute Gasteiger partial charge is 0.513 e. The van der Waals surface area contributed by atoms with Crippen molar-refractivity contribution < 1.29 is 5.11 Å². The van der Waals surface area contributed by atoms with Crippen molar-refractivity contribution in [3.8, 4) is 22.3 Å². The summed E-state index contributed by atoms with van der Waals surface area (Å²) in [5, 5.41) is 10.3. The minimum Gasteiger partial charge on any atom is -0.513 e. The highest BCUT2D eigenvalue weighted by Crippen LogP contribution is 2.32. The van der Waals surface area contributed by atoms with E-state index in [-0.39, 0.29) is 0 Å². The number of hydrogen-bond acceptors (Lipinski definition) is 1. The van der Waals surface area contributed by atoms with Crippen LogP contribution in [-0.4, -0.2) is 5.11 Å². The van der Waals surface area contributed by atoms with Crippen LogP contribution in [0.4, 0.5) is 0 Å². The first-order valence-electron chi connectivity index (χ1n) is 10.8. The van der Waals surface area contributed by atoms with Gasteiger partial charge in [0.1, 0.15) is 0 Å². The average Bonchev–Trinajstić information content (AvgIpc) is 2.77. The molecule has 0 heterocycles. The van der Waals surface area contributed by atoms with Gasteiger partial charge in [0.2, 0.25) is 0 Å². The van der Waals surface area contributed by atoms with Gasteiger partial charge in [-0.15, -0.1) is 0 Å². The van der Waals surface area contributed by atoms with Crippen LogP contribution in [0.5, 0.6) is 0 Å². The van der Waals surface area contributed by atoms with E-state index in [9.17, 15) is 5.11 Å². The predicted molar refractivity (Wildman–Crippen MR) is 125 cm³/mol. The van der Waals surface area contributed by atoms with E-state index < -0.39 is 0 Å². The molecule has 1 N–H and O–H groups in total. The molecule has 150 valence electrons. The van der Waals surface area contributed by atoms with Gasteiger partial charge < -0.3 is 5.11 Å². The van der Waals surface area contributed by atoms with Crippen LogP contribution < -0.4 is 0 Å². The molecule has 0 bridgehead atoms. The zero-order valence-electron chi connectivity index (χ0n) is 17.6. The molecule has 0 aliphatic heterocycles. The van der Waals surface area contributed by atoms with Gasteiger partial charge in [-0.05, 0) is 52.7 Å².